The molecule has 2 amide bonds. The van der Waals surface area contributed by atoms with Crippen LogP contribution in [0.25, 0.3) is 0 Å². The monoisotopic (exact) mass is 628 g/mol. The van der Waals surface area contributed by atoms with E-state index >= 15 is 0 Å². The van der Waals surface area contributed by atoms with Crippen LogP contribution in [-0.2, 0) is 32.5 Å². The van der Waals surface area contributed by atoms with Gasteiger partial charge in [-0.1, -0.05) is 58.0 Å². The van der Waals surface area contributed by atoms with Gasteiger partial charge in [0, 0.05) is 25.9 Å². The van der Waals surface area contributed by atoms with Crippen molar-refractivity contribution in [2.75, 3.05) is 39.3 Å². The summed E-state index contributed by atoms with van der Waals surface area (Å²) in [7, 11) is -4.00. The highest BCUT2D eigenvalue weighted by Gasteiger charge is 2.36. The van der Waals surface area contributed by atoms with Crippen molar-refractivity contribution in [3.63, 3.8) is 0 Å². The van der Waals surface area contributed by atoms with Crippen molar-refractivity contribution in [2.45, 2.75) is 76.8 Å². The molecule has 1 saturated heterocycles. The van der Waals surface area contributed by atoms with Crippen molar-refractivity contribution in [1.82, 2.24) is 19.6 Å². The number of hydrogen-bond donors (Lipinski definition) is 2. The molecular weight excluding hydrogens is 580 g/mol. The fourth-order valence-corrected chi connectivity index (χ4v) is 7.50. The Bertz CT molecular complexity index is 1360. The van der Waals surface area contributed by atoms with E-state index in [-0.39, 0.29) is 61.0 Å². The van der Waals surface area contributed by atoms with Crippen molar-refractivity contribution in [2.24, 2.45) is 11.8 Å². The molecule has 0 unspecified atom stereocenters. The summed E-state index contributed by atoms with van der Waals surface area (Å²) < 4.78 is 34.9. The zero-order chi connectivity index (χ0) is 31.9. The van der Waals surface area contributed by atoms with Gasteiger partial charge in [-0.2, -0.15) is 4.31 Å². The molecule has 0 bridgehead atoms. The van der Waals surface area contributed by atoms with Gasteiger partial charge in [0.25, 0.3) is 5.91 Å². The van der Waals surface area contributed by atoms with Crippen LogP contribution in [0.2, 0.25) is 0 Å². The van der Waals surface area contributed by atoms with Crippen molar-refractivity contribution in [3.8, 4) is 5.75 Å². The molecule has 0 aliphatic carbocycles. The first kappa shape index (κ1) is 33.9. The quantitative estimate of drug-likeness (QED) is 0.309. The summed E-state index contributed by atoms with van der Waals surface area (Å²) in [4.78, 5) is 29.1. The minimum Gasteiger partial charge on any atom is -0.493 e. The van der Waals surface area contributed by atoms with Gasteiger partial charge in [0.15, 0.2) is 0 Å². The van der Waals surface area contributed by atoms with Gasteiger partial charge in [-0.3, -0.25) is 19.9 Å². The average Bonchev–Trinajstić information content (AvgIpc) is 3.66. The lowest BCUT2D eigenvalue weighted by Gasteiger charge is -2.37. The number of amides is 2. The van der Waals surface area contributed by atoms with Crippen LogP contribution in [0.3, 0.4) is 0 Å². The molecule has 11 heteroatoms. The molecule has 0 saturated carbocycles. The average molecular weight is 629 g/mol. The molecule has 2 aromatic rings. The number of aliphatic hydroxyl groups is 1. The third-order valence-corrected chi connectivity index (χ3v) is 9.81. The molecule has 2 atom stereocenters. The fraction of sp³-hybridized carbons (Fsp3) is 0.576. The lowest BCUT2D eigenvalue weighted by Crippen LogP contribution is -2.60. The van der Waals surface area contributed by atoms with Crippen molar-refractivity contribution in [3.05, 3.63) is 59.7 Å². The number of hydrazine groups is 1. The first-order valence-corrected chi connectivity index (χ1v) is 17.2. The predicted molar refractivity (Wildman–Crippen MR) is 169 cm³/mol. The highest BCUT2D eigenvalue weighted by atomic mass is 32.2. The number of benzene rings is 2. The van der Waals surface area contributed by atoms with Crippen LogP contribution in [0.15, 0.2) is 53.4 Å². The van der Waals surface area contributed by atoms with Crippen LogP contribution in [-0.4, -0.2) is 91.0 Å². The zero-order valence-electron chi connectivity index (χ0n) is 26.4. The van der Waals surface area contributed by atoms with Gasteiger partial charge in [-0.25, -0.2) is 13.4 Å². The molecule has 242 valence electrons. The van der Waals surface area contributed by atoms with Crippen LogP contribution in [0.4, 0.5) is 0 Å². The lowest BCUT2D eigenvalue weighted by atomic mass is 9.99. The summed E-state index contributed by atoms with van der Waals surface area (Å²) >= 11 is 0. The number of carbonyl (C=O) groups excluding carboxylic acids is 2. The summed E-state index contributed by atoms with van der Waals surface area (Å²) in [6.07, 6.45) is 1.76. The van der Waals surface area contributed by atoms with Crippen molar-refractivity contribution in [1.29, 1.82) is 0 Å². The number of aliphatic hydroxyl groups excluding tert-OH is 1. The molecule has 44 heavy (non-hydrogen) atoms. The van der Waals surface area contributed by atoms with Gasteiger partial charge in [-0.15, -0.1) is 0 Å². The summed E-state index contributed by atoms with van der Waals surface area (Å²) in [6.45, 7) is 9.90. The second kappa shape index (κ2) is 15.3. The second-order valence-electron chi connectivity index (χ2n) is 12.8. The Labute approximate surface area is 262 Å². The maximum absolute atomic E-state index is 14.0. The fourth-order valence-electron chi connectivity index (χ4n) is 5.83. The van der Waals surface area contributed by atoms with E-state index in [4.69, 9.17) is 4.74 Å². The highest BCUT2D eigenvalue weighted by molar-refractivity contribution is 7.89. The second-order valence-corrected chi connectivity index (χ2v) is 14.7. The Hall–Kier alpha value is -2.99. The maximum atomic E-state index is 14.0. The van der Waals surface area contributed by atoms with Crippen LogP contribution in [0.1, 0.15) is 58.1 Å². The van der Waals surface area contributed by atoms with E-state index < -0.39 is 22.2 Å². The van der Waals surface area contributed by atoms with Crippen LogP contribution < -0.4 is 10.2 Å². The number of carbonyl (C=O) groups is 2. The maximum Gasteiger partial charge on any atom is 0.252 e. The van der Waals surface area contributed by atoms with E-state index in [2.05, 4.69) is 5.43 Å². The molecule has 1 fully saturated rings. The number of hydrogen-bond acceptors (Lipinski definition) is 7. The minimum atomic E-state index is -4.00. The molecule has 0 radical (unpaired) electrons. The third kappa shape index (κ3) is 9.03. The molecule has 0 spiro atoms. The summed E-state index contributed by atoms with van der Waals surface area (Å²) in [5, 5.41) is 13.2. The van der Waals surface area contributed by atoms with E-state index in [9.17, 15) is 23.1 Å². The molecular formula is C33H48N4O6S. The lowest BCUT2D eigenvalue weighted by molar-refractivity contribution is -0.148. The first-order chi connectivity index (χ1) is 20.9. The molecule has 10 nitrogen and oxygen atoms in total. The molecule has 2 aliphatic heterocycles. The van der Waals surface area contributed by atoms with Gasteiger partial charge >= 0.3 is 0 Å². The molecule has 2 N–H and O–H groups in total. The SMILES string of the molecule is CC(C)CC(=O)N(NC(=O)CN1CCCC1)[C@@H](Cc1ccccc1)[C@H](O)CN(CC(C)C)S(=O)(=O)c1ccc2c(c1)CCO2. The van der Waals surface area contributed by atoms with Crippen molar-refractivity contribution < 1.29 is 27.9 Å². The highest BCUT2D eigenvalue weighted by Crippen LogP contribution is 2.29. The summed E-state index contributed by atoms with van der Waals surface area (Å²) in [5.41, 5.74) is 4.51. The number of sulfonamides is 1. The van der Waals surface area contributed by atoms with Crippen LogP contribution >= 0.6 is 0 Å². The van der Waals surface area contributed by atoms with E-state index in [1.54, 1.807) is 12.1 Å². The zero-order valence-corrected chi connectivity index (χ0v) is 27.3. The van der Waals surface area contributed by atoms with Gasteiger partial charge in [0.1, 0.15) is 5.75 Å². The number of rotatable bonds is 14. The number of nitrogens with one attached hydrogen (secondary N) is 1. The van der Waals surface area contributed by atoms with Crippen LogP contribution in [0, 0.1) is 11.8 Å². The number of likely N-dealkylation sites (tertiary alicyclic amines) is 1. The van der Waals surface area contributed by atoms with Gasteiger partial charge in [-0.05, 0) is 73.5 Å². The van der Waals surface area contributed by atoms with Gasteiger partial charge in [0.2, 0.25) is 15.9 Å². The Balaban J connectivity index is 1.66. The van der Waals surface area contributed by atoms with Gasteiger partial charge in [0.05, 0.1) is 30.2 Å². The third-order valence-electron chi connectivity index (χ3n) is 7.98. The Kier molecular flexibility index (Phi) is 11.8. The van der Waals surface area contributed by atoms with Gasteiger partial charge < -0.3 is 9.84 Å². The minimum absolute atomic E-state index is 0.0107. The smallest absolute Gasteiger partial charge is 0.252 e. The van der Waals surface area contributed by atoms with E-state index in [0.717, 1.165) is 37.1 Å². The Morgan fingerprint density at radius 3 is 2.36 bits per heavy atom. The molecule has 4 rings (SSSR count). The molecule has 2 aliphatic rings. The van der Waals surface area contributed by atoms with Crippen LogP contribution in [0.5, 0.6) is 5.75 Å². The topological polar surface area (TPSA) is 119 Å². The predicted octanol–water partition coefficient (Wildman–Crippen LogP) is 3.24. The van der Waals surface area contributed by atoms with E-state index in [0.29, 0.717) is 18.8 Å². The van der Waals surface area contributed by atoms with E-state index in [1.807, 2.05) is 62.9 Å². The summed E-state index contributed by atoms with van der Waals surface area (Å²) in [5.74, 6) is 0.0111. The van der Waals surface area contributed by atoms with E-state index in [1.165, 1.54) is 15.4 Å². The Morgan fingerprint density at radius 2 is 1.70 bits per heavy atom. The normalized spacial score (nSPS) is 16.6. The summed E-state index contributed by atoms with van der Waals surface area (Å²) in [6, 6.07) is 13.4. The van der Waals surface area contributed by atoms with Crippen molar-refractivity contribution >= 4 is 21.8 Å². The standard InChI is InChI=1S/C33H48N4O6S/c1-24(2)18-33(40)37(34-32(39)23-35-15-8-9-16-35)29(19-26-10-6-5-7-11-26)30(38)22-36(21-25(3)4)44(41,42)28-12-13-31-27(20-28)14-17-43-31/h5-7,10-13,20,24-25,29-30,38H,8-9,14-19,21-23H2,1-4H3,(H,34,39)/t29-,30+/m0/s1. The number of ether oxygens (including phenoxy) is 1. The molecule has 2 aromatic carbocycles. The molecule has 0 aromatic heterocycles. The molecule has 2 heterocycles. The Morgan fingerprint density at radius 1 is 1.00 bits per heavy atom. The first-order valence-electron chi connectivity index (χ1n) is 15.8. The largest absolute Gasteiger partial charge is 0.493 e. The number of fused-ring (bicyclic) bond motifs is 1. The number of nitrogens with zero attached hydrogens (tertiary/aromatic N) is 3.